The number of hydrogen-bond donors (Lipinski definition) is 0. The molecule has 3 saturated carbocycles. The van der Waals surface area contributed by atoms with E-state index in [1.165, 1.54) is 0 Å². The third kappa shape index (κ3) is 2.54. The molecule has 0 aromatic carbocycles. The maximum absolute atomic E-state index is 13.7. The summed E-state index contributed by atoms with van der Waals surface area (Å²) in [6.45, 7) is 17.0. The Kier molecular flexibility index (Phi) is 4.02. The number of ether oxygens (including phenoxy) is 2. The van der Waals surface area contributed by atoms with E-state index in [1.807, 2.05) is 13.8 Å². The van der Waals surface area contributed by atoms with E-state index >= 15 is 0 Å². The predicted molar refractivity (Wildman–Crippen MR) is 118 cm³/mol. The van der Waals surface area contributed by atoms with Gasteiger partial charge < -0.3 is 9.47 Å². The topological polar surface area (TPSA) is 76.4 Å². The molecule has 7 atom stereocenters. The molecule has 0 aromatic rings. The molecule has 0 aromatic heterocycles. The van der Waals surface area contributed by atoms with Gasteiger partial charge in [0.2, 0.25) is 0 Å². The molecule has 1 saturated heterocycles. The summed E-state index contributed by atoms with van der Waals surface area (Å²) in [6.07, 6.45) is 0.906. The number of hydrogen-bond acceptors (Lipinski definition) is 5. The van der Waals surface area contributed by atoms with E-state index in [-0.39, 0.29) is 40.8 Å². The number of carbonyl (C=O) groups is 2. The van der Waals surface area contributed by atoms with Crippen LogP contribution in [0.1, 0.15) is 53.9 Å². The molecule has 5 aliphatic rings. The van der Waals surface area contributed by atoms with Crippen molar-refractivity contribution in [2.75, 3.05) is 0 Å². The number of nitrogens with zero attached hydrogens (tertiary/aromatic N) is 1. The minimum absolute atomic E-state index is 0.00777. The molecule has 1 heterocycles. The minimum atomic E-state index is -1.97. The van der Waals surface area contributed by atoms with Crippen LogP contribution >= 0.6 is 0 Å². The fourth-order valence-corrected chi connectivity index (χ4v) is 10.3. The van der Waals surface area contributed by atoms with Crippen molar-refractivity contribution in [2.24, 2.45) is 34.5 Å². The van der Waals surface area contributed by atoms with Crippen molar-refractivity contribution in [3.8, 4) is 6.07 Å². The molecule has 0 amide bonds. The highest BCUT2D eigenvalue weighted by atomic mass is 28.3. The average Bonchev–Trinajstić information content (AvgIpc) is 2.90. The first-order valence-electron chi connectivity index (χ1n) is 11.7. The molecule has 0 bridgehead atoms. The molecule has 0 radical (unpaired) electrons. The van der Waals surface area contributed by atoms with Crippen molar-refractivity contribution in [3.63, 3.8) is 0 Å². The highest BCUT2D eigenvalue weighted by molar-refractivity contribution is 6.87. The zero-order chi connectivity index (χ0) is 22.9. The summed E-state index contributed by atoms with van der Waals surface area (Å²) in [5.41, 5.74) is -0.865. The van der Waals surface area contributed by atoms with Crippen molar-refractivity contribution < 1.29 is 19.1 Å². The second-order valence-corrected chi connectivity index (χ2v) is 17.9. The molecule has 0 N–H and O–H groups in total. The highest BCUT2D eigenvalue weighted by Crippen LogP contribution is 2.75. The van der Waals surface area contributed by atoms with E-state index in [1.54, 1.807) is 0 Å². The molecule has 1 aliphatic heterocycles. The maximum Gasteiger partial charge on any atom is 0.164 e. The zero-order valence-electron chi connectivity index (χ0n) is 20.1. The SMILES string of the molecule is CC1(C)O[C@@H]2C3=C([Si](C)(C)C)C(=O)C[C@@H]3CC3(C#N)C(=O)C[C@H]4[C@@H]([C@H]3[C@]2(C)O1)C4(C)C. The number of ketones is 2. The summed E-state index contributed by atoms with van der Waals surface area (Å²) in [4.78, 5) is 27.0. The summed E-state index contributed by atoms with van der Waals surface area (Å²) >= 11 is 0. The van der Waals surface area contributed by atoms with Gasteiger partial charge in [0, 0.05) is 18.8 Å². The van der Waals surface area contributed by atoms with Crippen LogP contribution in [0.25, 0.3) is 0 Å². The second kappa shape index (κ2) is 5.79. The fourth-order valence-electron chi connectivity index (χ4n) is 8.14. The number of rotatable bonds is 1. The number of fused-ring (bicyclic) bond motifs is 7. The minimum Gasteiger partial charge on any atom is -0.341 e. The summed E-state index contributed by atoms with van der Waals surface area (Å²) in [7, 11) is -1.97. The van der Waals surface area contributed by atoms with E-state index < -0.39 is 24.9 Å². The van der Waals surface area contributed by atoms with Gasteiger partial charge in [-0.25, -0.2) is 0 Å². The number of carbonyl (C=O) groups excluding carboxylic acids is 2. The Morgan fingerprint density at radius 2 is 1.71 bits per heavy atom. The maximum atomic E-state index is 13.7. The van der Waals surface area contributed by atoms with E-state index in [0.29, 0.717) is 25.2 Å². The number of allylic oxidation sites excluding steroid dienone is 1. The molecule has 5 rings (SSSR count). The van der Waals surface area contributed by atoms with Gasteiger partial charge in [0.05, 0.1) is 14.1 Å². The lowest BCUT2D eigenvalue weighted by Gasteiger charge is -2.46. The van der Waals surface area contributed by atoms with E-state index in [4.69, 9.17) is 9.47 Å². The number of nitriles is 1. The van der Waals surface area contributed by atoms with Crippen LogP contribution in [0, 0.1) is 45.8 Å². The van der Waals surface area contributed by atoms with Crippen molar-refractivity contribution in [1.29, 1.82) is 5.26 Å². The smallest absolute Gasteiger partial charge is 0.164 e. The van der Waals surface area contributed by atoms with Crippen LogP contribution in [-0.4, -0.2) is 37.1 Å². The van der Waals surface area contributed by atoms with Gasteiger partial charge in [-0.1, -0.05) is 33.5 Å². The first-order chi connectivity index (χ1) is 14.1. The van der Waals surface area contributed by atoms with Gasteiger partial charge in [-0.15, -0.1) is 0 Å². The molecule has 1 unspecified atom stereocenters. The molecule has 31 heavy (non-hydrogen) atoms. The molecule has 4 aliphatic carbocycles. The Hall–Kier alpha value is -1.29. The van der Waals surface area contributed by atoms with E-state index in [2.05, 4.69) is 46.5 Å². The summed E-state index contributed by atoms with van der Waals surface area (Å²) in [5.74, 6) is -0.385. The molecule has 168 valence electrons. The van der Waals surface area contributed by atoms with Gasteiger partial charge in [-0.3, -0.25) is 9.59 Å². The third-order valence-corrected chi connectivity index (χ3v) is 11.2. The monoisotopic (exact) mass is 441 g/mol. The number of Topliss-reactive ketones (excluding diaryl/α,β-unsaturated/α-hetero) is 2. The van der Waals surface area contributed by atoms with Gasteiger partial charge >= 0.3 is 0 Å². The molecular formula is C25H35NO4Si. The standard InChI is InChI=1S/C25H35NO4Si/c1-22(2)14-10-16(28)25(12-26)11-13-9-15(27)19(31(6,7)8)17(13)21-24(5,20(25)18(14)22)30-23(3,4)29-21/h13-14,18,20-21H,9-11H2,1-8H3/t13-,14+,18+,20+,21-,24+,25?/m1/s1. The van der Waals surface area contributed by atoms with Crippen LogP contribution in [0.2, 0.25) is 19.6 Å². The van der Waals surface area contributed by atoms with Crippen LogP contribution in [0.3, 0.4) is 0 Å². The van der Waals surface area contributed by atoms with Gasteiger partial charge in [-0.05, 0) is 61.1 Å². The predicted octanol–water partition coefficient (Wildman–Crippen LogP) is 4.43. The fraction of sp³-hybridized carbons (Fsp3) is 0.800. The highest BCUT2D eigenvalue weighted by Gasteiger charge is 2.78. The van der Waals surface area contributed by atoms with E-state index in [9.17, 15) is 14.9 Å². The van der Waals surface area contributed by atoms with Crippen molar-refractivity contribution in [2.45, 2.75) is 91.0 Å². The Morgan fingerprint density at radius 1 is 1.06 bits per heavy atom. The Morgan fingerprint density at radius 3 is 2.29 bits per heavy atom. The van der Waals surface area contributed by atoms with Gasteiger partial charge in [0.25, 0.3) is 0 Å². The third-order valence-electron chi connectivity index (χ3n) is 9.18. The first kappa shape index (κ1) is 21.5. The van der Waals surface area contributed by atoms with Crippen LogP contribution in [0.5, 0.6) is 0 Å². The normalized spacial score (nSPS) is 47.1. The van der Waals surface area contributed by atoms with Crippen molar-refractivity contribution in [1.82, 2.24) is 0 Å². The molecule has 6 heteroatoms. The molecule has 4 fully saturated rings. The first-order valence-corrected chi connectivity index (χ1v) is 15.2. The van der Waals surface area contributed by atoms with Gasteiger partial charge in [0.15, 0.2) is 17.4 Å². The average molecular weight is 442 g/mol. The molecular weight excluding hydrogens is 406 g/mol. The Bertz CT molecular complexity index is 982. The summed E-state index contributed by atoms with van der Waals surface area (Å²) in [5, 5.41) is 11.6. The van der Waals surface area contributed by atoms with Crippen LogP contribution in [0.4, 0.5) is 0 Å². The summed E-state index contributed by atoms with van der Waals surface area (Å²) in [6, 6.07) is 2.54. The Labute approximate surface area is 186 Å². The van der Waals surface area contributed by atoms with Gasteiger partial charge in [-0.2, -0.15) is 5.26 Å². The lowest BCUT2D eigenvalue weighted by atomic mass is 9.58. The molecule has 0 spiro atoms. The Balaban J connectivity index is 1.81. The summed E-state index contributed by atoms with van der Waals surface area (Å²) < 4.78 is 13.3. The quantitative estimate of drug-likeness (QED) is 0.563. The van der Waals surface area contributed by atoms with Crippen molar-refractivity contribution in [3.05, 3.63) is 10.8 Å². The van der Waals surface area contributed by atoms with Crippen LogP contribution in [-0.2, 0) is 19.1 Å². The molecule has 5 nitrogen and oxygen atoms in total. The van der Waals surface area contributed by atoms with Gasteiger partial charge in [0.1, 0.15) is 17.1 Å². The van der Waals surface area contributed by atoms with E-state index in [0.717, 1.165) is 10.8 Å². The van der Waals surface area contributed by atoms with Crippen LogP contribution < -0.4 is 0 Å². The van der Waals surface area contributed by atoms with Crippen LogP contribution in [0.15, 0.2) is 10.8 Å². The lowest BCUT2D eigenvalue weighted by Crippen LogP contribution is -2.56. The second-order valence-electron chi connectivity index (χ2n) is 12.9. The largest absolute Gasteiger partial charge is 0.341 e. The lowest BCUT2D eigenvalue weighted by molar-refractivity contribution is -0.186. The zero-order valence-corrected chi connectivity index (χ0v) is 21.1. The van der Waals surface area contributed by atoms with Crippen molar-refractivity contribution >= 4 is 19.6 Å².